The number of methoxy groups -OCH3 is 1. The number of nitrogens with one attached hydrogen (secondary N) is 1. The van der Waals surface area contributed by atoms with Crippen LogP contribution in [0, 0.1) is 0 Å². The van der Waals surface area contributed by atoms with Gasteiger partial charge >= 0.3 is 0 Å². The summed E-state index contributed by atoms with van der Waals surface area (Å²) in [4.78, 5) is 42.6. The first kappa shape index (κ1) is 25.9. The second-order valence-corrected chi connectivity index (χ2v) is 9.78. The molecule has 7 nitrogen and oxygen atoms in total. The highest BCUT2D eigenvalue weighted by Crippen LogP contribution is 2.40. The van der Waals surface area contributed by atoms with Crippen LogP contribution in [0.15, 0.2) is 59.4 Å². The molecular formula is C27H28ClN3O4S. The molecule has 1 saturated heterocycles. The van der Waals surface area contributed by atoms with Gasteiger partial charge in [0.05, 0.1) is 23.9 Å². The number of thiophene rings is 1. The number of aromatic nitrogens is 1. The molecule has 4 aromatic rings. The van der Waals surface area contributed by atoms with Crippen molar-refractivity contribution >= 4 is 56.4 Å². The Hall–Kier alpha value is -3.20. The Morgan fingerprint density at radius 1 is 1.08 bits per heavy atom. The van der Waals surface area contributed by atoms with Crippen LogP contribution < -0.4 is 15.6 Å². The fourth-order valence-corrected chi connectivity index (χ4v) is 6.09. The zero-order valence-corrected chi connectivity index (χ0v) is 21.8. The van der Waals surface area contributed by atoms with Gasteiger partial charge in [0.15, 0.2) is 11.5 Å². The van der Waals surface area contributed by atoms with E-state index in [1.54, 1.807) is 29.2 Å². The van der Waals surface area contributed by atoms with E-state index in [9.17, 15) is 14.4 Å². The predicted molar refractivity (Wildman–Crippen MR) is 146 cm³/mol. The number of carbonyl (C=O) groups excluding carboxylic acids is 2. The van der Waals surface area contributed by atoms with Crippen LogP contribution in [0.4, 0.5) is 0 Å². The zero-order chi connectivity index (χ0) is 24.5. The monoisotopic (exact) mass is 525 g/mol. The molecule has 0 spiro atoms. The van der Waals surface area contributed by atoms with E-state index < -0.39 is 0 Å². The highest BCUT2D eigenvalue weighted by atomic mass is 35.5. The topological polar surface area (TPSA) is 80.6 Å². The molecule has 2 aromatic heterocycles. The van der Waals surface area contributed by atoms with Crippen LogP contribution in [0.3, 0.4) is 0 Å². The molecule has 3 heterocycles. The molecule has 0 saturated carbocycles. The van der Waals surface area contributed by atoms with Crippen LogP contribution in [0.1, 0.15) is 32.9 Å². The van der Waals surface area contributed by atoms with Crippen molar-refractivity contribution in [2.75, 3.05) is 27.2 Å². The minimum absolute atomic E-state index is 0. The van der Waals surface area contributed by atoms with Gasteiger partial charge in [-0.3, -0.25) is 19.0 Å². The third-order valence-electron chi connectivity index (χ3n) is 6.74. The summed E-state index contributed by atoms with van der Waals surface area (Å²) in [5.74, 6) is -0.0221. The Kier molecular flexibility index (Phi) is 7.78. The third kappa shape index (κ3) is 4.52. The molecular weight excluding hydrogens is 498 g/mol. The number of amides is 1. The van der Waals surface area contributed by atoms with Crippen molar-refractivity contribution in [3.63, 3.8) is 0 Å². The first-order valence-corrected chi connectivity index (χ1v) is 12.5. The molecule has 1 N–H and O–H groups in total. The number of Topliss-reactive ketones (excluding diaryl/α,β-unsaturated/α-hetero) is 1. The molecule has 0 unspecified atom stereocenters. The Morgan fingerprint density at radius 3 is 2.44 bits per heavy atom. The van der Waals surface area contributed by atoms with Gasteiger partial charge in [0.1, 0.15) is 10.3 Å². The number of hydrogen-bond acceptors (Lipinski definition) is 6. The molecule has 5 rings (SSSR count). The van der Waals surface area contributed by atoms with Crippen molar-refractivity contribution in [1.29, 1.82) is 0 Å². The molecule has 9 heteroatoms. The summed E-state index contributed by atoms with van der Waals surface area (Å²) in [6.45, 7) is 1.64. The van der Waals surface area contributed by atoms with Gasteiger partial charge in [-0.25, -0.2) is 0 Å². The Labute approximate surface area is 219 Å². The minimum atomic E-state index is -0.334. The lowest BCUT2D eigenvalue weighted by Crippen LogP contribution is -2.43. The van der Waals surface area contributed by atoms with E-state index in [4.69, 9.17) is 4.74 Å². The third-order valence-corrected chi connectivity index (χ3v) is 7.93. The number of piperidine rings is 1. The molecule has 1 aliphatic heterocycles. The molecule has 0 radical (unpaired) electrons. The summed E-state index contributed by atoms with van der Waals surface area (Å²) >= 11 is 1.29. The highest BCUT2D eigenvalue weighted by molar-refractivity contribution is 7.22. The lowest BCUT2D eigenvalue weighted by molar-refractivity contribution is 0.0705. The number of fused-ring (bicyclic) bond motifs is 3. The number of rotatable bonds is 6. The molecule has 0 bridgehead atoms. The van der Waals surface area contributed by atoms with Crippen LogP contribution in [0.25, 0.3) is 21.0 Å². The van der Waals surface area contributed by atoms with Crippen LogP contribution in [0.2, 0.25) is 0 Å². The van der Waals surface area contributed by atoms with Crippen LogP contribution in [-0.4, -0.2) is 54.4 Å². The van der Waals surface area contributed by atoms with Crippen LogP contribution in [-0.2, 0) is 6.54 Å². The van der Waals surface area contributed by atoms with Crippen molar-refractivity contribution in [1.82, 2.24) is 14.8 Å². The Morgan fingerprint density at radius 2 is 1.75 bits per heavy atom. The van der Waals surface area contributed by atoms with E-state index in [1.165, 1.54) is 23.0 Å². The van der Waals surface area contributed by atoms with Crippen molar-refractivity contribution in [2.45, 2.75) is 25.4 Å². The molecule has 1 amide bonds. The fraction of sp³-hybridized carbons (Fsp3) is 0.296. The van der Waals surface area contributed by atoms with Gasteiger partial charge in [-0.2, -0.15) is 0 Å². The number of hydrogen-bond donors (Lipinski definition) is 1. The average molecular weight is 526 g/mol. The maximum Gasteiger partial charge on any atom is 0.267 e. The van der Waals surface area contributed by atoms with Gasteiger partial charge in [-0.15, -0.1) is 23.7 Å². The number of para-hydroxylation sites is 1. The van der Waals surface area contributed by atoms with Crippen LogP contribution >= 0.6 is 23.7 Å². The summed E-state index contributed by atoms with van der Waals surface area (Å²) in [5.41, 5.74) is 0.865. The number of benzene rings is 2. The summed E-state index contributed by atoms with van der Waals surface area (Å²) in [5, 5.41) is 4.48. The largest absolute Gasteiger partial charge is 0.494 e. The smallest absolute Gasteiger partial charge is 0.267 e. The maximum absolute atomic E-state index is 13.8. The standard InChI is InChI=1S/C27H27N3O4S.ClH/c1-29(18-12-14-28-15-13-18)27(33)25-23(34-2)22-24(35-25)19-10-6-7-11-20(19)30(26(22)32)16-21(31)17-8-4-3-5-9-17;/h3-11,18,28H,12-16H2,1-2H3;1H. The lowest BCUT2D eigenvalue weighted by atomic mass is 10.1. The molecule has 0 aliphatic carbocycles. The van der Waals surface area contributed by atoms with Gasteiger partial charge in [-0.05, 0) is 32.0 Å². The number of carbonyl (C=O) groups is 2. The summed E-state index contributed by atoms with van der Waals surface area (Å²) in [6, 6.07) is 16.6. The van der Waals surface area contributed by atoms with Gasteiger partial charge < -0.3 is 15.0 Å². The zero-order valence-electron chi connectivity index (χ0n) is 20.2. The summed E-state index contributed by atoms with van der Waals surface area (Å²) in [6.07, 6.45) is 1.76. The number of ether oxygens (including phenoxy) is 1. The molecule has 0 atom stereocenters. The number of pyridine rings is 1. The molecule has 1 fully saturated rings. The van der Waals surface area contributed by atoms with Gasteiger partial charge in [0.25, 0.3) is 11.5 Å². The average Bonchev–Trinajstić information content (AvgIpc) is 3.31. The molecule has 2 aromatic carbocycles. The fourth-order valence-electron chi connectivity index (χ4n) is 4.82. The number of ketones is 1. The van der Waals surface area contributed by atoms with Gasteiger partial charge in [0.2, 0.25) is 0 Å². The Bertz CT molecular complexity index is 1480. The second-order valence-electron chi connectivity index (χ2n) is 8.76. The van der Waals surface area contributed by atoms with Gasteiger partial charge in [-0.1, -0.05) is 48.5 Å². The summed E-state index contributed by atoms with van der Waals surface area (Å²) in [7, 11) is 3.30. The highest BCUT2D eigenvalue weighted by Gasteiger charge is 2.30. The van der Waals surface area contributed by atoms with Gasteiger partial charge in [0, 0.05) is 24.0 Å². The lowest BCUT2D eigenvalue weighted by Gasteiger charge is -2.31. The number of halogens is 1. The second kappa shape index (κ2) is 10.8. The van der Waals surface area contributed by atoms with E-state index in [-0.39, 0.29) is 48.0 Å². The predicted octanol–water partition coefficient (Wildman–Crippen LogP) is 4.35. The first-order chi connectivity index (χ1) is 17.0. The van der Waals surface area contributed by atoms with E-state index in [0.29, 0.717) is 26.0 Å². The Balaban J connectivity index is 0.00000304. The number of nitrogens with zero attached hydrogens (tertiary/aromatic N) is 2. The molecule has 36 heavy (non-hydrogen) atoms. The quantitative estimate of drug-likeness (QED) is 0.378. The summed E-state index contributed by atoms with van der Waals surface area (Å²) < 4.78 is 7.88. The molecule has 188 valence electrons. The van der Waals surface area contributed by atoms with Crippen molar-refractivity contribution < 1.29 is 14.3 Å². The minimum Gasteiger partial charge on any atom is -0.494 e. The SMILES string of the molecule is COc1c(C(=O)N(C)C2CCNCC2)sc2c1c(=O)n(CC(=O)c1ccccc1)c1ccccc21.Cl. The van der Waals surface area contributed by atoms with Crippen LogP contribution in [0.5, 0.6) is 5.75 Å². The first-order valence-electron chi connectivity index (χ1n) is 11.7. The van der Waals surface area contributed by atoms with Crippen molar-refractivity contribution in [3.05, 3.63) is 75.4 Å². The van der Waals surface area contributed by atoms with E-state index in [1.807, 2.05) is 37.4 Å². The normalized spacial score (nSPS) is 13.9. The molecule has 1 aliphatic rings. The van der Waals surface area contributed by atoms with Crippen molar-refractivity contribution in [2.24, 2.45) is 0 Å². The van der Waals surface area contributed by atoms with E-state index >= 15 is 0 Å². The van der Waals surface area contributed by atoms with Crippen molar-refractivity contribution in [3.8, 4) is 5.75 Å². The van der Waals surface area contributed by atoms with E-state index in [0.717, 1.165) is 31.3 Å². The van der Waals surface area contributed by atoms with E-state index in [2.05, 4.69) is 5.32 Å². The maximum atomic E-state index is 13.8.